The van der Waals surface area contributed by atoms with Crippen LogP contribution in [-0.2, 0) is 18.4 Å². The zero-order chi connectivity index (χ0) is 17.6. The minimum atomic E-state index is -0.0197. The van der Waals surface area contributed by atoms with Crippen molar-refractivity contribution in [3.63, 3.8) is 0 Å². The topological polar surface area (TPSA) is 59.8 Å². The third-order valence-electron chi connectivity index (χ3n) is 3.81. The molecule has 6 heteroatoms. The SMILES string of the molecule is Cc1ccc(-c2nnc(SCC(=O)NCc3ccccc3)n2C)cc1. The summed E-state index contributed by atoms with van der Waals surface area (Å²) in [4.78, 5) is 12.0. The summed E-state index contributed by atoms with van der Waals surface area (Å²) in [6.07, 6.45) is 0. The van der Waals surface area contributed by atoms with E-state index in [1.807, 2.05) is 66.2 Å². The third-order valence-corrected chi connectivity index (χ3v) is 4.83. The summed E-state index contributed by atoms with van der Waals surface area (Å²) in [5.74, 6) is 1.09. The Morgan fingerprint density at radius 3 is 2.52 bits per heavy atom. The number of hydrogen-bond donors (Lipinski definition) is 1. The summed E-state index contributed by atoms with van der Waals surface area (Å²) >= 11 is 1.39. The van der Waals surface area contributed by atoms with Crippen LogP contribution in [0.3, 0.4) is 0 Å². The van der Waals surface area contributed by atoms with Gasteiger partial charge in [0.1, 0.15) is 0 Å². The van der Waals surface area contributed by atoms with E-state index in [-0.39, 0.29) is 5.91 Å². The maximum absolute atomic E-state index is 12.0. The van der Waals surface area contributed by atoms with Crippen LogP contribution < -0.4 is 5.32 Å². The van der Waals surface area contributed by atoms with Gasteiger partial charge in [-0.2, -0.15) is 0 Å². The number of carbonyl (C=O) groups excluding carboxylic acids is 1. The normalized spacial score (nSPS) is 10.6. The fraction of sp³-hybridized carbons (Fsp3) is 0.211. The predicted octanol–water partition coefficient (Wildman–Crippen LogP) is 3.20. The minimum Gasteiger partial charge on any atom is -0.351 e. The first-order valence-corrected chi connectivity index (χ1v) is 9.02. The van der Waals surface area contributed by atoms with Crippen molar-refractivity contribution < 1.29 is 4.79 Å². The Morgan fingerprint density at radius 2 is 1.80 bits per heavy atom. The Morgan fingerprint density at radius 1 is 1.08 bits per heavy atom. The van der Waals surface area contributed by atoms with Crippen LogP contribution in [0.1, 0.15) is 11.1 Å². The first-order chi connectivity index (χ1) is 12.1. The highest BCUT2D eigenvalue weighted by Crippen LogP contribution is 2.22. The van der Waals surface area contributed by atoms with E-state index < -0.39 is 0 Å². The van der Waals surface area contributed by atoms with Crippen LogP contribution in [0.15, 0.2) is 59.8 Å². The van der Waals surface area contributed by atoms with E-state index in [2.05, 4.69) is 22.4 Å². The van der Waals surface area contributed by atoms with E-state index in [4.69, 9.17) is 0 Å². The van der Waals surface area contributed by atoms with E-state index in [0.717, 1.165) is 22.1 Å². The van der Waals surface area contributed by atoms with E-state index in [1.54, 1.807) is 0 Å². The van der Waals surface area contributed by atoms with Gasteiger partial charge < -0.3 is 9.88 Å². The van der Waals surface area contributed by atoms with Crippen molar-refractivity contribution >= 4 is 17.7 Å². The molecule has 3 aromatic rings. The van der Waals surface area contributed by atoms with Crippen molar-refractivity contribution in [1.82, 2.24) is 20.1 Å². The molecule has 1 heterocycles. The van der Waals surface area contributed by atoms with Gasteiger partial charge in [0, 0.05) is 19.2 Å². The molecule has 25 heavy (non-hydrogen) atoms. The Balaban J connectivity index is 1.56. The van der Waals surface area contributed by atoms with Gasteiger partial charge in [0.25, 0.3) is 0 Å². The monoisotopic (exact) mass is 352 g/mol. The van der Waals surface area contributed by atoms with Gasteiger partial charge in [-0.3, -0.25) is 4.79 Å². The zero-order valence-corrected chi connectivity index (χ0v) is 15.1. The van der Waals surface area contributed by atoms with E-state index in [1.165, 1.54) is 17.3 Å². The number of benzene rings is 2. The van der Waals surface area contributed by atoms with Crippen molar-refractivity contribution in [2.75, 3.05) is 5.75 Å². The van der Waals surface area contributed by atoms with Crippen molar-refractivity contribution in [1.29, 1.82) is 0 Å². The summed E-state index contributed by atoms with van der Waals surface area (Å²) < 4.78 is 1.92. The van der Waals surface area contributed by atoms with Crippen molar-refractivity contribution in [2.24, 2.45) is 7.05 Å². The fourth-order valence-corrected chi connectivity index (χ4v) is 3.11. The number of amides is 1. The van der Waals surface area contributed by atoms with Crippen LogP contribution in [0.5, 0.6) is 0 Å². The Labute approximate surface area is 151 Å². The van der Waals surface area contributed by atoms with Gasteiger partial charge >= 0.3 is 0 Å². The number of nitrogens with zero attached hydrogens (tertiary/aromatic N) is 3. The Kier molecular flexibility index (Phi) is 5.50. The van der Waals surface area contributed by atoms with Gasteiger partial charge in [-0.1, -0.05) is 71.9 Å². The predicted molar refractivity (Wildman–Crippen MR) is 100 cm³/mol. The van der Waals surface area contributed by atoms with Crippen LogP contribution in [0.25, 0.3) is 11.4 Å². The van der Waals surface area contributed by atoms with Gasteiger partial charge in [0.15, 0.2) is 11.0 Å². The lowest BCUT2D eigenvalue weighted by Gasteiger charge is -2.06. The quantitative estimate of drug-likeness (QED) is 0.692. The van der Waals surface area contributed by atoms with Crippen LogP contribution in [0.2, 0.25) is 0 Å². The molecule has 0 bridgehead atoms. The third kappa shape index (κ3) is 4.48. The molecule has 1 amide bonds. The molecule has 0 aliphatic heterocycles. The molecule has 0 spiro atoms. The number of aryl methyl sites for hydroxylation is 1. The van der Waals surface area contributed by atoms with E-state index in [0.29, 0.717) is 12.3 Å². The van der Waals surface area contributed by atoms with Crippen LogP contribution in [-0.4, -0.2) is 26.4 Å². The first-order valence-electron chi connectivity index (χ1n) is 8.03. The van der Waals surface area contributed by atoms with E-state index in [9.17, 15) is 4.79 Å². The minimum absolute atomic E-state index is 0.0197. The molecule has 0 aliphatic rings. The highest BCUT2D eigenvalue weighted by molar-refractivity contribution is 7.99. The average Bonchev–Trinajstić information content (AvgIpc) is 3.00. The first kappa shape index (κ1) is 17.2. The number of thioether (sulfide) groups is 1. The van der Waals surface area contributed by atoms with Crippen molar-refractivity contribution in [3.05, 3.63) is 65.7 Å². The second kappa shape index (κ2) is 7.98. The lowest BCUT2D eigenvalue weighted by atomic mass is 10.1. The molecule has 1 aromatic heterocycles. The second-order valence-corrected chi connectivity index (χ2v) is 6.72. The molecular formula is C19H20N4OS. The zero-order valence-electron chi connectivity index (χ0n) is 14.3. The number of hydrogen-bond acceptors (Lipinski definition) is 4. The largest absolute Gasteiger partial charge is 0.351 e. The molecule has 5 nitrogen and oxygen atoms in total. The molecule has 3 rings (SSSR count). The van der Waals surface area contributed by atoms with E-state index >= 15 is 0 Å². The van der Waals surface area contributed by atoms with Gasteiger partial charge in [-0.25, -0.2) is 0 Å². The summed E-state index contributed by atoms with van der Waals surface area (Å²) in [5.41, 5.74) is 3.30. The molecule has 0 fully saturated rings. The summed E-state index contributed by atoms with van der Waals surface area (Å²) in [5, 5.41) is 12.1. The van der Waals surface area contributed by atoms with Crippen molar-refractivity contribution in [3.8, 4) is 11.4 Å². The van der Waals surface area contributed by atoms with Gasteiger partial charge in [-0.05, 0) is 12.5 Å². The smallest absolute Gasteiger partial charge is 0.230 e. The van der Waals surface area contributed by atoms with Crippen LogP contribution >= 0.6 is 11.8 Å². The highest BCUT2D eigenvalue weighted by atomic mass is 32.2. The molecule has 1 N–H and O–H groups in total. The van der Waals surface area contributed by atoms with Gasteiger partial charge in [0.05, 0.1) is 5.75 Å². The number of rotatable bonds is 6. The average molecular weight is 352 g/mol. The molecule has 0 unspecified atom stereocenters. The maximum Gasteiger partial charge on any atom is 0.230 e. The lowest BCUT2D eigenvalue weighted by molar-refractivity contribution is -0.118. The lowest BCUT2D eigenvalue weighted by Crippen LogP contribution is -2.24. The molecule has 0 aliphatic carbocycles. The fourth-order valence-electron chi connectivity index (χ4n) is 2.37. The summed E-state index contributed by atoms with van der Waals surface area (Å²) in [7, 11) is 1.92. The molecule has 2 aromatic carbocycles. The highest BCUT2D eigenvalue weighted by Gasteiger charge is 2.12. The number of carbonyl (C=O) groups is 1. The summed E-state index contributed by atoms with van der Waals surface area (Å²) in [6.45, 7) is 2.59. The molecule has 0 saturated heterocycles. The van der Waals surface area contributed by atoms with Gasteiger partial charge in [-0.15, -0.1) is 10.2 Å². The Bertz CT molecular complexity index is 844. The van der Waals surface area contributed by atoms with Crippen LogP contribution in [0, 0.1) is 6.92 Å². The van der Waals surface area contributed by atoms with Crippen molar-refractivity contribution in [2.45, 2.75) is 18.6 Å². The Hall–Kier alpha value is -2.60. The standard InChI is InChI=1S/C19H20N4OS/c1-14-8-10-16(11-9-14)18-21-22-19(23(18)2)25-13-17(24)20-12-15-6-4-3-5-7-15/h3-11H,12-13H2,1-2H3,(H,20,24). The number of aromatic nitrogens is 3. The molecule has 0 radical (unpaired) electrons. The molecule has 128 valence electrons. The number of nitrogens with one attached hydrogen (secondary N) is 1. The molecule has 0 atom stereocenters. The molecule has 0 saturated carbocycles. The maximum atomic E-state index is 12.0. The second-order valence-electron chi connectivity index (χ2n) is 5.78. The molecular weight excluding hydrogens is 332 g/mol. The van der Waals surface area contributed by atoms with Gasteiger partial charge in [0.2, 0.25) is 5.91 Å². The summed E-state index contributed by atoms with van der Waals surface area (Å²) in [6, 6.07) is 18.0. The van der Waals surface area contributed by atoms with Crippen LogP contribution in [0.4, 0.5) is 0 Å².